The van der Waals surface area contributed by atoms with Gasteiger partial charge in [0, 0.05) is 31.0 Å². The van der Waals surface area contributed by atoms with Crippen molar-refractivity contribution in [2.45, 2.75) is 51.1 Å². The number of benzene rings is 1. The number of imidazole rings is 1. The maximum Gasteiger partial charge on any atom is 0.193 e. The van der Waals surface area contributed by atoms with Gasteiger partial charge in [-0.3, -0.25) is 0 Å². The minimum atomic E-state index is 0.219. The molecule has 0 fully saturated rings. The third-order valence-corrected chi connectivity index (χ3v) is 4.90. The smallest absolute Gasteiger partial charge is 0.193 e. The van der Waals surface area contributed by atoms with Crippen LogP contribution in [0.2, 0.25) is 0 Å². The van der Waals surface area contributed by atoms with Gasteiger partial charge in [-0.2, -0.15) is 0 Å². The number of anilines is 1. The molecule has 120 valence electrons. The fraction of sp³-hybridized carbons (Fsp3) is 0.444. The zero-order chi connectivity index (χ0) is 15.6. The largest absolute Gasteiger partial charge is 0.370 e. The zero-order valence-corrected chi connectivity index (χ0v) is 13.3. The van der Waals surface area contributed by atoms with Crippen LogP contribution in [0.1, 0.15) is 36.2 Å². The van der Waals surface area contributed by atoms with Crippen LogP contribution in [0.15, 0.2) is 35.6 Å². The van der Waals surface area contributed by atoms with Crippen molar-refractivity contribution in [2.75, 3.05) is 5.32 Å². The molecule has 4 rings (SSSR count). The molecule has 0 spiro atoms. The van der Waals surface area contributed by atoms with E-state index in [9.17, 15) is 0 Å². The minimum Gasteiger partial charge on any atom is -0.370 e. The average molecular weight is 309 g/mol. The predicted molar refractivity (Wildman–Crippen MR) is 92.7 cm³/mol. The van der Waals surface area contributed by atoms with Gasteiger partial charge >= 0.3 is 0 Å². The second-order valence-electron chi connectivity index (χ2n) is 6.47. The molecule has 5 heteroatoms. The van der Waals surface area contributed by atoms with Crippen molar-refractivity contribution >= 4 is 11.6 Å². The third kappa shape index (κ3) is 2.96. The fourth-order valence-electron chi connectivity index (χ4n) is 3.71. The standard InChI is InChI=1S/C18H23N5/c19-18(21-14-8-10-23-11-9-20-17(23)12-14)22-16-7-3-5-13-4-1-2-6-15(13)16/h3,5,7,9,11,14H,1-2,4,6,8,10,12H2,(H3,19,21,22). The fourth-order valence-corrected chi connectivity index (χ4v) is 3.71. The van der Waals surface area contributed by atoms with Gasteiger partial charge in [0.2, 0.25) is 0 Å². The van der Waals surface area contributed by atoms with Crippen molar-refractivity contribution in [1.29, 1.82) is 0 Å². The molecule has 2 aliphatic rings. The molecule has 2 aromatic rings. The molecule has 1 aromatic heterocycles. The summed E-state index contributed by atoms with van der Waals surface area (Å²) < 4.78 is 2.20. The van der Waals surface area contributed by atoms with Crippen molar-refractivity contribution in [3.05, 3.63) is 47.5 Å². The zero-order valence-electron chi connectivity index (χ0n) is 13.3. The van der Waals surface area contributed by atoms with Gasteiger partial charge in [-0.15, -0.1) is 0 Å². The maximum absolute atomic E-state index is 6.18. The Kier molecular flexibility index (Phi) is 3.77. The Morgan fingerprint density at radius 1 is 1.30 bits per heavy atom. The van der Waals surface area contributed by atoms with Gasteiger partial charge in [0.1, 0.15) is 5.82 Å². The van der Waals surface area contributed by atoms with Crippen molar-refractivity contribution in [1.82, 2.24) is 9.55 Å². The number of rotatable bonds is 2. The predicted octanol–water partition coefficient (Wildman–Crippen LogP) is 2.50. The van der Waals surface area contributed by atoms with E-state index in [1.807, 2.05) is 12.4 Å². The van der Waals surface area contributed by atoms with E-state index in [4.69, 9.17) is 5.73 Å². The summed E-state index contributed by atoms with van der Waals surface area (Å²) >= 11 is 0. The SMILES string of the molecule is NC(=NC1CCn2ccnc2C1)Nc1cccc2c1CCCC2. The first-order valence-corrected chi connectivity index (χ1v) is 8.50. The van der Waals surface area contributed by atoms with Crippen molar-refractivity contribution in [3.8, 4) is 0 Å². The highest BCUT2D eigenvalue weighted by atomic mass is 15.1. The summed E-state index contributed by atoms with van der Waals surface area (Å²) in [6.07, 6.45) is 10.6. The van der Waals surface area contributed by atoms with E-state index in [0.717, 1.165) is 37.3 Å². The Morgan fingerprint density at radius 2 is 2.22 bits per heavy atom. The molecule has 0 radical (unpaired) electrons. The number of aromatic nitrogens is 2. The quantitative estimate of drug-likeness (QED) is 0.661. The van der Waals surface area contributed by atoms with Crippen LogP contribution in [0.5, 0.6) is 0 Å². The molecule has 0 amide bonds. The molecular weight excluding hydrogens is 286 g/mol. The highest BCUT2D eigenvalue weighted by Gasteiger charge is 2.19. The van der Waals surface area contributed by atoms with E-state index in [1.165, 1.54) is 30.4 Å². The van der Waals surface area contributed by atoms with Crippen molar-refractivity contribution < 1.29 is 0 Å². The second kappa shape index (κ2) is 6.07. The summed E-state index contributed by atoms with van der Waals surface area (Å²) in [6.45, 7) is 0.970. The molecular formula is C18H23N5. The van der Waals surface area contributed by atoms with Crippen molar-refractivity contribution in [2.24, 2.45) is 10.7 Å². The lowest BCUT2D eigenvalue weighted by Gasteiger charge is -2.22. The number of nitrogens with one attached hydrogen (secondary N) is 1. The summed E-state index contributed by atoms with van der Waals surface area (Å²) in [5.41, 5.74) is 10.2. The second-order valence-corrected chi connectivity index (χ2v) is 6.47. The summed E-state index contributed by atoms with van der Waals surface area (Å²) in [6, 6.07) is 6.67. The average Bonchev–Trinajstić information content (AvgIpc) is 3.03. The van der Waals surface area contributed by atoms with Gasteiger partial charge in [-0.05, 0) is 49.3 Å². The van der Waals surface area contributed by atoms with Crippen LogP contribution in [0.3, 0.4) is 0 Å². The Bertz CT molecular complexity index is 731. The molecule has 23 heavy (non-hydrogen) atoms. The molecule has 1 aromatic carbocycles. The molecule has 2 heterocycles. The normalized spacial score (nSPS) is 20.7. The lowest BCUT2D eigenvalue weighted by atomic mass is 9.90. The number of nitrogens with two attached hydrogens (primary N) is 1. The Balaban J connectivity index is 1.49. The molecule has 0 bridgehead atoms. The van der Waals surface area contributed by atoms with Gasteiger partial charge < -0.3 is 15.6 Å². The first-order valence-electron chi connectivity index (χ1n) is 8.50. The number of fused-ring (bicyclic) bond motifs is 2. The van der Waals surface area contributed by atoms with Crippen LogP contribution < -0.4 is 11.1 Å². The lowest BCUT2D eigenvalue weighted by molar-refractivity contribution is 0.465. The molecule has 1 aliphatic carbocycles. The monoisotopic (exact) mass is 309 g/mol. The van der Waals surface area contributed by atoms with Crippen molar-refractivity contribution in [3.63, 3.8) is 0 Å². The van der Waals surface area contributed by atoms with E-state index in [1.54, 1.807) is 0 Å². The summed E-state index contributed by atoms with van der Waals surface area (Å²) in [4.78, 5) is 9.08. The van der Waals surface area contributed by atoms with E-state index < -0.39 is 0 Å². The maximum atomic E-state index is 6.18. The lowest BCUT2D eigenvalue weighted by Crippen LogP contribution is -2.29. The van der Waals surface area contributed by atoms with Crippen LogP contribution in [0.25, 0.3) is 0 Å². The van der Waals surface area contributed by atoms with E-state index in [2.05, 4.69) is 38.1 Å². The molecule has 1 aliphatic heterocycles. The van der Waals surface area contributed by atoms with Crippen LogP contribution >= 0.6 is 0 Å². The number of hydrogen-bond acceptors (Lipinski definition) is 2. The van der Waals surface area contributed by atoms with E-state index in [0.29, 0.717) is 5.96 Å². The summed E-state index contributed by atoms with van der Waals surface area (Å²) in [5, 5.41) is 3.34. The van der Waals surface area contributed by atoms with Gasteiger partial charge in [-0.25, -0.2) is 9.98 Å². The Hall–Kier alpha value is -2.30. The molecule has 0 saturated carbocycles. The number of guanidine groups is 1. The van der Waals surface area contributed by atoms with Crippen LogP contribution in [-0.2, 0) is 25.8 Å². The Labute approximate surface area is 136 Å². The van der Waals surface area contributed by atoms with E-state index in [-0.39, 0.29) is 6.04 Å². The molecule has 1 unspecified atom stereocenters. The molecule has 5 nitrogen and oxygen atoms in total. The summed E-state index contributed by atoms with van der Waals surface area (Å²) in [7, 11) is 0. The number of aliphatic imine (C=N–C) groups is 1. The molecule has 3 N–H and O–H groups in total. The first kappa shape index (κ1) is 14.3. The highest BCUT2D eigenvalue weighted by molar-refractivity contribution is 5.93. The van der Waals surface area contributed by atoms with Crippen LogP contribution in [-0.4, -0.2) is 21.6 Å². The van der Waals surface area contributed by atoms with E-state index >= 15 is 0 Å². The summed E-state index contributed by atoms with van der Waals surface area (Å²) in [5.74, 6) is 1.63. The molecule has 1 atom stereocenters. The third-order valence-electron chi connectivity index (χ3n) is 4.90. The van der Waals surface area contributed by atoms with Gasteiger partial charge in [0.15, 0.2) is 5.96 Å². The van der Waals surface area contributed by atoms with Gasteiger partial charge in [0.05, 0.1) is 6.04 Å². The number of aryl methyl sites for hydroxylation is 2. The van der Waals surface area contributed by atoms with Crippen LogP contribution in [0, 0.1) is 0 Å². The van der Waals surface area contributed by atoms with Gasteiger partial charge in [-0.1, -0.05) is 12.1 Å². The minimum absolute atomic E-state index is 0.219. The first-order chi connectivity index (χ1) is 11.3. The van der Waals surface area contributed by atoms with Crippen LogP contribution in [0.4, 0.5) is 5.69 Å². The number of nitrogens with zero attached hydrogens (tertiary/aromatic N) is 3. The molecule has 0 saturated heterocycles. The topological polar surface area (TPSA) is 68.2 Å². The highest BCUT2D eigenvalue weighted by Crippen LogP contribution is 2.27. The number of hydrogen-bond donors (Lipinski definition) is 2. The van der Waals surface area contributed by atoms with Gasteiger partial charge in [0.25, 0.3) is 0 Å². The Morgan fingerprint density at radius 3 is 3.17 bits per heavy atom.